The summed E-state index contributed by atoms with van der Waals surface area (Å²) in [5.74, 6) is -1.25. The minimum absolute atomic E-state index is 0.0502. The van der Waals surface area contributed by atoms with Gasteiger partial charge in [-0.1, -0.05) is 15.9 Å². The van der Waals surface area contributed by atoms with E-state index in [4.69, 9.17) is 0 Å². The Morgan fingerprint density at radius 3 is 2.53 bits per heavy atom. The van der Waals surface area contributed by atoms with Gasteiger partial charge in [0.25, 0.3) is 0 Å². The topological polar surface area (TPSA) is 20.3 Å². The van der Waals surface area contributed by atoms with Crippen molar-refractivity contribution in [1.29, 1.82) is 0 Å². The fraction of sp³-hybridized carbons (Fsp3) is 0.417. The van der Waals surface area contributed by atoms with Crippen LogP contribution in [0.1, 0.15) is 12.0 Å². The number of anilines is 1. The summed E-state index contributed by atoms with van der Waals surface area (Å²) >= 11 is 3.24. The van der Waals surface area contributed by atoms with Crippen molar-refractivity contribution in [2.75, 3.05) is 16.8 Å². The summed E-state index contributed by atoms with van der Waals surface area (Å²) in [6.45, 7) is 0.312. The second-order valence-corrected chi connectivity index (χ2v) is 5.04. The van der Waals surface area contributed by atoms with Crippen molar-refractivity contribution in [3.8, 4) is 0 Å². The van der Waals surface area contributed by atoms with Gasteiger partial charge in [0.05, 0.1) is 11.3 Å². The van der Waals surface area contributed by atoms with Gasteiger partial charge in [0.15, 0.2) is 0 Å². The third-order valence-corrected chi connectivity index (χ3v) is 3.90. The Hall–Kier alpha value is -1.11. The standard InChI is InChI=1S/C12H10BrF4NO/c13-5-7-3-11(19)18(6-7)10-2-1-8(4-9(10)14)12(15,16)17/h1-2,4,7H,3,5-6H2. The first-order valence-electron chi connectivity index (χ1n) is 5.56. The molecular weight excluding hydrogens is 330 g/mol. The first-order valence-corrected chi connectivity index (χ1v) is 6.68. The molecule has 1 saturated heterocycles. The average molecular weight is 340 g/mol. The number of hydrogen-bond acceptors (Lipinski definition) is 1. The molecular formula is C12H10BrF4NO. The molecule has 1 amide bonds. The van der Waals surface area contributed by atoms with Crippen molar-refractivity contribution in [3.05, 3.63) is 29.6 Å². The first kappa shape index (κ1) is 14.3. The summed E-state index contributed by atoms with van der Waals surface area (Å²) < 4.78 is 51.0. The molecule has 1 unspecified atom stereocenters. The minimum atomic E-state index is -4.59. The lowest BCUT2D eigenvalue weighted by molar-refractivity contribution is -0.137. The molecule has 104 valence electrons. The van der Waals surface area contributed by atoms with Crippen molar-refractivity contribution in [2.45, 2.75) is 12.6 Å². The van der Waals surface area contributed by atoms with E-state index in [0.717, 1.165) is 12.1 Å². The summed E-state index contributed by atoms with van der Waals surface area (Å²) in [6.07, 6.45) is -4.32. The average Bonchev–Trinajstić information content (AvgIpc) is 2.69. The molecule has 1 heterocycles. The Kier molecular flexibility index (Phi) is 3.85. The van der Waals surface area contributed by atoms with Gasteiger partial charge < -0.3 is 4.90 Å². The van der Waals surface area contributed by atoms with E-state index in [1.54, 1.807) is 0 Å². The van der Waals surface area contributed by atoms with Crippen molar-refractivity contribution in [2.24, 2.45) is 5.92 Å². The molecule has 0 bridgehead atoms. The van der Waals surface area contributed by atoms with Crippen molar-refractivity contribution in [3.63, 3.8) is 0 Å². The summed E-state index contributed by atoms with van der Waals surface area (Å²) in [6, 6.07) is 2.21. The predicted octanol–water partition coefficient (Wildman–Crippen LogP) is 3.59. The lowest BCUT2D eigenvalue weighted by Gasteiger charge is -2.18. The lowest BCUT2D eigenvalue weighted by Crippen LogP contribution is -2.26. The van der Waals surface area contributed by atoms with Gasteiger partial charge in [-0.2, -0.15) is 13.2 Å². The van der Waals surface area contributed by atoms with Crippen LogP contribution in [0, 0.1) is 11.7 Å². The molecule has 1 fully saturated rings. The largest absolute Gasteiger partial charge is 0.416 e. The van der Waals surface area contributed by atoms with Gasteiger partial charge in [-0.05, 0) is 24.1 Å². The summed E-state index contributed by atoms with van der Waals surface area (Å²) in [5.41, 5.74) is -1.15. The molecule has 1 aromatic rings. The fourth-order valence-corrected chi connectivity index (χ4v) is 2.45. The highest BCUT2D eigenvalue weighted by Gasteiger charge is 2.34. The minimum Gasteiger partial charge on any atom is -0.309 e. The van der Waals surface area contributed by atoms with E-state index in [0.29, 0.717) is 17.9 Å². The van der Waals surface area contributed by atoms with Crippen molar-refractivity contribution in [1.82, 2.24) is 0 Å². The molecule has 0 saturated carbocycles. The zero-order chi connectivity index (χ0) is 14.2. The van der Waals surface area contributed by atoms with Crippen LogP contribution in [0.15, 0.2) is 18.2 Å². The SMILES string of the molecule is O=C1CC(CBr)CN1c1ccc(C(F)(F)F)cc1F. The van der Waals surface area contributed by atoms with Gasteiger partial charge in [0.2, 0.25) is 5.91 Å². The van der Waals surface area contributed by atoms with Crippen LogP contribution in [-0.4, -0.2) is 17.8 Å². The van der Waals surface area contributed by atoms with Crippen LogP contribution in [0.2, 0.25) is 0 Å². The molecule has 1 aliphatic heterocycles. The van der Waals surface area contributed by atoms with E-state index < -0.39 is 17.6 Å². The Morgan fingerprint density at radius 2 is 2.05 bits per heavy atom. The molecule has 1 aromatic carbocycles. The van der Waals surface area contributed by atoms with Gasteiger partial charge in [0, 0.05) is 18.3 Å². The molecule has 0 aromatic heterocycles. The van der Waals surface area contributed by atoms with E-state index in [1.807, 2.05) is 0 Å². The maximum atomic E-state index is 13.7. The van der Waals surface area contributed by atoms with Crippen LogP contribution in [0.3, 0.4) is 0 Å². The number of benzene rings is 1. The Balaban J connectivity index is 2.30. The first-order chi connectivity index (χ1) is 8.82. The van der Waals surface area contributed by atoms with E-state index >= 15 is 0 Å². The van der Waals surface area contributed by atoms with Gasteiger partial charge in [0.1, 0.15) is 5.82 Å². The number of nitrogens with zero attached hydrogens (tertiary/aromatic N) is 1. The lowest BCUT2D eigenvalue weighted by atomic mass is 10.1. The molecule has 7 heteroatoms. The van der Waals surface area contributed by atoms with Crippen LogP contribution < -0.4 is 4.90 Å². The Morgan fingerprint density at radius 1 is 1.37 bits per heavy atom. The number of amides is 1. The van der Waals surface area contributed by atoms with Gasteiger partial charge in [-0.3, -0.25) is 4.79 Å². The molecule has 0 radical (unpaired) electrons. The second kappa shape index (κ2) is 5.11. The highest BCUT2D eigenvalue weighted by Crippen LogP contribution is 2.34. The third-order valence-electron chi connectivity index (χ3n) is 2.99. The molecule has 2 rings (SSSR count). The quantitative estimate of drug-likeness (QED) is 0.595. The number of alkyl halides is 4. The van der Waals surface area contributed by atoms with Crippen LogP contribution in [-0.2, 0) is 11.0 Å². The molecule has 0 aliphatic carbocycles. The van der Waals surface area contributed by atoms with Crippen LogP contribution >= 0.6 is 15.9 Å². The number of halogens is 5. The van der Waals surface area contributed by atoms with Crippen LogP contribution in [0.5, 0.6) is 0 Å². The highest BCUT2D eigenvalue weighted by atomic mass is 79.9. The monoisotopic (exact) mass is 339 g/mol. The maximum Gasteiger partial charge on any atom is 0.416 e. The zero-order valence-electron chi connectivity index (χ0n) is 9.68. The number of carbonyl (C=O) groups excluding carboxylic acids is 1. The van der Waals surface area contributed by atoms with Gasteiger partial charge in [-0.15, -0.1) is 0 Å². The summed E-state index contributed by atoms with van der Waals surface area (Å²) in [4.78, 5) is 12.9. The van der Waals surface area contributed by atoms with E-state index in [-0.39, 0.29) is 23.9 Å². The number of hydrogen-bond donors (Lipinski definition) is 0. The summed E-state index contributed by atoms with van der Waals surface area (Å²) in [7, 11) is 0. The van der Waals surface area contributed by atoms with Gasteiger partial charge >= 0.3 is 6.18 Å². The Labute approximate surface area is 115 Å². The normalized spacial score (nSPS) is 20.2. The molecule has 0 spiro atoms. The molecule has 0 N–H and O–H groups in total. The summed E-state index contributed by atoms with van der Waals surface area (Å²) in [5, 5.41) is 0.595. The smallest absolute Gasteiger partial charge is 0.309 e. The van der Waals surface area contributed by atoms with E-state index in [1.165, 1.54) is 4.90 Å². The number of carbonyl (C=O) groups is 1. The highest BCUT2D eigenvalue weighted by molar-refractivity contribution is 9.09. The van der Waals surface area contributed by atoms with Crippen molar-refractivity contribution >= 4 is 27.5 Å². The Bertz CT molecular complexity index is 503. The van der Waals surface area contributed by atoms with Crippen molar-refractivity contribution < 1.29 is 22.4 Å². The zero-order valence-corrected chi connectivity index (χ0v) is 11.3. The van der Waals surface area contributed by atoms with Crippen LogP contribution in [0.4, 0.5) is 23.2 Å². The second-order valence-electron chi connectivity index (χ2n) is 4.39. The molecule has 1 atom stereocenters. The third kappa shape index (κ3) is 2.91. The van der Waals surface area contributed by atoms with Crippen LogP contribution in [0.25, 0.3) is 0 Å². The van der Waals surface area contributed by atoms with E-state index in [9.17, 15) is 22.4 Å². The fourth-order valence-electron chi connectivity index (χ4n) is 2.02. The molecule has 19 heavy (non-hydrogen) atoms. The van der Waals surface area contributed by atoms with E-state index in [2.05, 4.69) is 15.9 Å². The molecule has 2 nitrogen and oxygen atoms in total. The molecule has 1 aliphatic rings. The predicted molar refractivity (Wildman–Crippen MR) is 65.7 cm³/mol. The van der Waals surface area contributed by atoms with Gasteiger partial charge in [-0.25, -0.2) is 4.39 Å². The number of rotatable bonds is 2. The maximum absolute atomic E-state index is 13.7.